The molecule has 1 aliphatic rings. The van der Waals surface area contributed by atoms with E-state index in [4.69, 9.17) is 10.5 Å². The largest absolute Gasteiger partial charge is 0.465 e. The summed E-state index contributed by atoms with van der Waals surface area (Å²) >= 11 is 0. The van der Waals surface area contributed by atoms with Crippen LogP contribution in [0.25, 0.3) is 0 Å². The van der Waals surface area contributed by atoms with Gasteiger partial charge in [-0.25, -0.2) is 4.79 Å². The van der Waals surface area contributed by atoms with Gasteiger partial charge in [-0.1, -0.05) is 0 Å². The fourth-order valence-electron chi connectivity index (χ4n) is 2.11. The first kappa shape index (κ1) is 13.2. The summed E-state index contributed by atoms with van der Waals surface area (Å²) in [6.07, 6.45) is 0.830. The zero-order chi connectivity index (χ0) is 13.8. The summed E-state index contributed by atoms with van der Waals surface area (Å²) in [5.41, 5.74) is 7.26. The molecule has 19 heavy (non-hydrogen) atoms. The topological polar surface area (TPSA) is 84.7 Å². The Labute approximate surface area is 111 Å². The van der Waals surface area contributed by atoms with Crippen LogP contribution in [-0.2, 0) is 9.53 Å². The van der Waals surface area contributed by atoms with Crippen molar-refractivity contribution in [1.29, 1.82) is 0 Å². The van der Waals surface area contributed by atoms with Crippen LogP contribution in [0.15, 0.2) is 18.2 Å². The molecule has 1 aromatic carbocycles. The normalized spacial score (nSPS) is 15.6. The van der Waals surface area contributed by atoms with E-state index in [0.29, 0.717) is 30.0 Å². The van der Waals surface area contributed by atoms with Gasteiger partial charge in [-0.15, -0.1) is 0 Å². The van der Waals surface area contributed by atoms with Crippen molar-refractivity contribution in [3.05, 3.63) is 23.8 Å². The van der Waals surface area contributed by atoms with Crippen LogP contribution in [0.2, 0.25) is 0 Å². The minimum atomic E-state index is -0.452. The van der Waals surface area contributed by atoms with E-state index in [1.54, 1.807) is 18.2 Å². The number of ether oxygens (including phenoxy) is 1. The Morgan fingerprint density at radius 2 is 2.26 bits per heavy atom. The number of esters is 1. The minimum absolute atomic E-state index is 0.0508. The average molecular weight is 263 g/mol. The number of benzene rings is 1. The third-order valence-electron chi connectivity index (χ3n) is 3.03. The first-order chi connectivity index (χ1) is 9.11. The molecule has 1 saturated heterocycles. The van der Waals surface area contributed by atoms with E-state index in [9.17, 15) is 9.59 Å². The highest BCUT2D eigenvalue weighted by atomic mass is 16.5. The second-order valence-corrected chi connectivity index (χ2v) is 4.39. The van der Waals surface area contributed by atoms with Crippen LogP contribution >= 0.6 is 0 Å². The van der Waals surface area contributed by atoms with Crippen LogP contribution in [0.4, 0.5) is 11.4 Å². The predicted octanol–water partition coefficient (Wildman–Crippen LogP) is 0.382. The first-order valence-corrected chi connectivity index (χ1v) is 6.11. The van der Waals surface area contributed by atoms with Crippen LogP contribution in [0.3, 0.4) is 0 Å². The Kier molecular flexibility index (Phi) is 3.89. The number of nitrogens with two attached hydrogens (primary N) is 1. The summed E-state index contributed by atoms with van der Waals surface area (Å²) in [6, 6.07) is 5.04. The van der Waals surface area contributed by atoms with Crippen molar-refractivity contribution < 1.29 is 14.3 Å². The summed E-state index contributed by atoms with van der Waals surface area (Å²) in [5, 5.41) is 2.80. The minimum Gasteiger partial charge on any atom is -0.465 e. The second-order valence-electron chi connectivity index (χ2n) is 4.39. The molecule has 0 radical (unpaired) electrons. The molecular weight excluding hydrogens is 246 g/mol. The highest BCUT2D eigenvalue weighted by Gasteiger charge is 2.21. The molecule has 0 saturated carbocycles. The van der Waals surface area contributed by atoms with Gasteiger partial charge in [0.25, 0.3) is 0 Å². The molecule has 6 nitrogen and oxygen atoms in total. The molecule has 1 aliphatic heterocycles. The number of nitrogens with one attached hydrogen (secondary N) is 1. The molecule has 6 heteroatoms. The summed E-state index contributed by atoms with van der Waals surface area (Å²) in [6.45, 7) is 1.58. The van der Waals surface area contributed by atoms with Crippen molar-refractivity contribution in [2.75, 3.05) is 37.4 Å². The van der Waals surface area contributed by atoms with Gasteiger partial charge in [0.1, 0.15) is 0 Å². The number of rotatable bonds is 2. The zero-order valence-corrected chi connectivity index (χ0v) is 10.8. The molecule has 1 heterocycles. The van der Waals surface area contributed by atoms with Crippen molar-refractivity contribution in [3.63, 3.8) is 0 Å². The van der Waals surface area contributed by atoms with Crippen molar-refractivity contribution in [2.45, 2.75) is 6.42 Å². The Morgan fingerprint density at radius 1 is 1.47 bits per heavy atom. The number of anilines is 2. The third kappa shape index (κ3) is 2.96. The standard InChI is InChI=1S/C13H17N3O3/c1-19-13(18)10-7-9(14)3-4-11(10)16-6-2-5-15-12(17)8-16/h3-4,7H,2,5-6,8,14H2,1H3,(H,15,17). The number of nitrogen functional groups attached to an aromatic ring is 1. The number of hydrogen-bond donors (Lipinski definition) is 2. The molecule has 2 rings (SSSR count). The summed E-state index contributed by atoms with van der Waals surface area (Å²) < 4.78 is 4.76. The van der Waals surface area contributed by atoms with Gasteiger partial charge < -0.3 is 20.7 Å². The average Bonchev–Trinajstić information content (AvgIpc) is 2.62. The van der Waals surface area contributed by atoms with E-state index >= 15 is 0 Å². The van der Waals surface area contributed by atoms with Crippen molar-refractivity contribution in [2.24, 2.45) is 0 Å². The molecule has 1 fully saturated rings. The molecule has 0 bridgehead atoms. The number of methoxy groups -OCH3 is 1. The maximum Gasteiger partial charge on any atom is 0.340 e. The summed E-state index contributed by atoms with van der Waals surface area (Å²) in [4.78, 5) is 25.3. The van der Waals surface area contributed by atoms with Crippen LogP contribution in [-0.4, -0.2) is 38.6 Å². The predicted molar refractivity (Wildman–Crippen MR) is 72.0 cm³/mol. The summed E-state index contributed by atoms with van der Waals surface area (Å²) in [5.74, 6) is -0.503. The lowest BCUT2D eigenvalue weighted by molar-refractivity contribution is -0.119. The fraction of sp³-hybridized carbons (Fsp3) is 0.385. The molecule has 0 unspecified atom stereocenters. The highest BCUT2D eigenvalue weighted by Crippen LogP contribution is 2.24. The molecule has 1 amide bonds. The van der Waals surface area contributed by atoms with Gasteiger partial charge in [0.2, 0.25) is 5.91 Å². The SMILES string of the molecule is COC(=O)c1cc(N)ccc1N1CCCNC(=O)C1. The lowest BCUT2D eigenvalue weighted by atomic mass is 10.1. The van der Waals surface area contributed by atoms with Gasteiger partial charge in [0, 0.05) is 18.8 Å². The van der Waals surface area contributed by atoms with Gasteiger partial charge in [0.15, 0.2) is 0 Å². The summed E-state index contributed by atoms with van der Waals surface area (Å²) in [7, 11) is 1.32. The van der Waals surface area contributed by atoms with E-state index in [0.717, 1.165) is 6.42 Å². The Hall–Kier alpha value is -2.24. The van der Waals surface area contributed by atoms with Crippen molar-refractivity contribution >= 4 is 23.3 Å². The van der Waals surface area contributed by atoms with Crippen LogP contribution in [0.5, 0.6) is 0 Å². The number of carbonyl (C=O) groups is 2. The van der Waals surface area contributed by atoms with Gasteiger partial charge in [0.05, 0.1) is 24.9 Å². The van der Waals surface area contributed by atoms with Gasteiger partial charge in [-0.3, -0.25) is 4.79 Å². The van der Waals surface area contributed by atoms with Crippen molar-refractivity contribution in [3.8, 4) is 0 Å². The maximum atomic E-state index is 11.8. The zero-order valence-electron chi connectivity index (χ0n) is 10.8. The molecule has 102 valence electrons. The van der Waals surface area contributed by atoms with Crippen LogP contribution < -0.4 is 16.0 Å². The van der Waals surface area contributed by atoms with Gasteiger partial charge in [-0.05, 0) is 24.6 Å². The van der Waals surface area contributed by atoms with E-state index in [2.05, 4.69) is 5.32 Å². The van der Waals surface area contributed by atoms with E-state index in [1.807, 2.05) is 4.90 Å². The van der Waals surface area contributed by atoms with Gasteiger partial charge in [-0.2, -0.15) is 0 Å². The number of nitrogens with zero attached hydrogens (tertiary/aromatic N) is 1. The highest BCUT2D eigenvalue weighted by molar-refractivity contribution is 5.97. The molecule has 0 aromatic heterocycles. The molecular formula is C13H17N3O3. The lowest BCUT2D eigenvalue weighted by Gasteiger charge is -2.23. The molecule has 0 aliphatic carbocycles. The Balaban J connectivity index is 2.37. The van der Waals surface area contributed by atoms with Crippen LogP contribution in [0.1, 0.15) is 16.8 Å². The number of carbonyl (C=O) groups excluding carboxylic acids is 2. The second kappa shape index (κ2) is 5.60. The fourth-order valence-corrected chi connectivity index (χ4v) is 2.11. The third-order valence-corrected chi connectivity index (χ3v) is 3.03. The Morgan fingerprint density at radius 3 is 3.00 bits per heavy atom. The molecule has 3 N–H and O–H groups in total. The van der Waals surface area contributed by atoms with Crippen molar-refractivity contribution in [1.82, 2.24) is 5.32 Å². The van der Waals surface area contributed by atoms with Crippen LogP contribution in [0, 0.1) is 0 Å². The first-order valence-electron chi connectivity index (χ1n) is 6.11. The monoisotopic (exact) mass is 263 g/mol. The number of hydrogen-bond acceptors (Lipinski definition) is 5. The Bertz CT molecular complexity index is 502. The van der Waals surface area contributed by atoms with E-state index in [1.165, 1.54) is 7.11 Å². The molecule has 1 aromatic rings. The molecule has 0 atom stereocenters. The van der Waals surface area contributed by atoms with E-state index in [-0.39, 0.29) is 12.5 Å². The maximum absolute atomic E-state index is 11.8. The lowest BCUT2D eigenvalue weighted by Crippen LogP contribution is -2.34. The van der Waals surface area contributed by atoms with E-state index < -0.39 is 5.97 Å². The smallest absolute Gasteiger partial charge is 0.340 e. The van der Waals surface area contributed by atoms with Gasteiger partial charge >= 0.3 is 5.97 Å². The number of amides is 1. The quantitative estimate of drug-likeness (QED) is 0.595. The molecule has 0 spiro atoms.